The third-order valence-electron chi connectivity index (χ3n) is 4.64. The van der Waals surface area contributed by atoms with E-state index in [1.54, 1.807) is 21.6 Å². The first kappa shape index (κ1) is 20.5. The smallest absolute Gasteiger partial charge is 0.319 e. The number of aromatic nitrogens is 2. The maximum absolute atomic E-state index is 12.7. The van der Waals surface area contributed by atoms with Gasteiger partial charge < -0.3 is 4.90 Å². The molecule has 0 saturated heterocycles. The normalized spacial score (nSPS) is 10.4. The molecule has 2 aromatic heterocycles. The molecule has 8 heteroatoms. The van der Waals surface area contributed by atoms with Crippen molar-refractivity contribution in [1.82, 2.24) is 14.9 Å². The molecule has 0 bridgehead atoms. The monoisotopic (exact) mass is 443 g/mol. The van der Waals surface area contributed by atoms with Crippen molar-refractivity contribution in [3.05, 3.63) is 63.9 Å². The first-order chi connectivity index (χ1) is 15.2. The molecule has 0 aliphatic rings. The van der Waals surface area contributed by atoms with E-state index >= 15 is 0 Å². The summed E-state index contributed by atoms with van der Waals surface area (Å²) < 4.78 is 1.15. The Morgan fingerprint density at radius 1 is 1.19 bits per heavy atom. The number of nitrogens with one attached hydrogen (secondary N) is 1. The molecule has 0 radical (unpaired) electrons. The van der Waals surface area contributed by atoms with Crippen molar-refractivity contribution in [2.75, 3.05) is 11.9 Å². The number of urea groups is 1. The lowest BCUT2D eigenvalue weighted by atomic mass is 10.0. The Balaban J connectivity index is 1.50. The molecule has 2 heterocycles. The fourth-order valence-corrected chi connectivity index (χ4v) is 4.53. The van der Waals surface area contributed by atoms with Gasteiger partial charge in [0.05, 0.1) is 28.2 Å². The summed E-state index contributed by atoms with van der Waals surface area (Å²) in [6, 6.07) is 16.0. The van der Waals surface area contributed by atoms with Crippen LogP contribution in [0.1, 0.15) is 17.0 Å². The van der Waals surface area contributed by atoms with Crippen LogP contribution in [0.3, 0.4) is 0 Å². The Bertz CT molecular complexity index is 1290. The Hall–Kier alpha value is -3.72. The highest BCUT2D eigenvalue weighted by Crippen LogP contribution is 2.31. The molecular weight excluding hydrogens is 426 g/mol. The van der Waals surface area contributed by atoms with Gasteiger partial charge in [0.25, 0.3) is 0 Å². The number of terminal acetylenes is 1. The van der Waals surface area contributed by atoms with Gasteiger partial charge in [0.1, 0.15) is 5.82 Å². The number of nitriles is 1. The first-order valence-corrected chi connectivity index (χ1v) is 11.2. The van der Waals surface area contributed by atoms with Gasteiger partial charge in [0.15, 0.2) is 5.01 Å². The van der Waals surface area contributed by atoms with E-state index in [-0.39, 0.29) is 12.5 Å². The number of hydrogen-bond donors (Lipinski definition) is 1. The fraction of sp³-hybridized carbons (Fsp3) is 0.130. The topological polar surface area (TPSA) is 81.9 Å². The lowest BCUT2D eigenvalue weighted by Crippen LogP contribution is -2.35. The molecule has 0 aliphatic carbocycles. The van der Waals surface area contributed by atoms with Gasteiger partial charge in [-0.3, -0.25) is 5.32 Å². The maximum atomic E-state index is 12.7. The molecule has 31 heavy (non-hydrogen) atoms. The minimum Gasteiger partial charge on any atom is -0.319 e. The molecule has 0 atom stereocenters. The van der Waals surface area contributed by atoms with Gasteiger partial charge >= 0.3 is 6.03 Å². The van der Waals surface area contributed by atoms with Gasteiger partial charge in [-0.2, -0.15) is 5.26 Å². The highest BCUT2D eigenvalue weighted by molar-refractivity contribution is 7.17. The average Bonchev–Trinajstić information content (AvgIpc) is 3.46. The zero-order valence-corrected chi connectivity index (χ0v) is 18.0. The largest absolute Gasteiger partial charge is 0.323 e. The van der Waals surface area contributed by atoms with Crippen molar-refractivity contribution in [1.29, 1.82) is 5.26 Å². The number of benzene rings is 2. The van der Waals surface area contributed by atoms with E-state index in [1.165, 1.54) is 11.3 Å². The van der Waals surface area contributed by atoms with E-state index in [0.717, 1.165) is 26.9 Å². The Kier molecular flexibility index (Phi) is 6.23. The Morgan fingerprint density at radius 2 is 2.03 bits per heavy atom. The van der Waals surface area contributed by atoms with Crippen LogP contribution in [-0.4, -0.2) is 27.4 Å². The van der Waals surface area contributed by atoms with Crippen molar-refractivity contribution in [3.8, 4) is 29.5 Å². The lowest BCUT2D eigenvalue weighted by Gasteiger charge is -2.21. The molecule has 0 saturated carbocycles. The fourth-order valence-electron chi connectivity index (χ4n) is 3.15. The van der Waals surface area contributed by atoms with Gasteiger partial charge in [0.2, 0.25) is 0 Å². The van der Waals surface area contributed by atoms with Crippen LogP contribution in [-0.2, 0) is 6.54 Å². The van der Waals surface area contributed by atoms with Gasteiger partial charge in [-0.1, -0.05) is 36.4 Å². The minimum atomic E-state index is -0.317. The molecule has 0 aliphatic heterocycles. The minimum absolute atomic E-state index is 0.242. The van der Waals surface area contributed by atoms with E-state index in [1.807, 2.05) is 41.9 Å². The average molecular weight is 444 g/mol. The van der Waals surface area contributed by atoms with E-state index in [2.05, 4.69) is 33.3 Å². The molecule has 4 aromatic rings. The molecule has 2 aromatic carbocycles. The molecule has 2 amide bonds. The second-order valence-electron chi connectivity index (χ2n) is 6.65. The highest BCUT2D eigenvalue weighted by atomic mass is 32.1. The Morgan fingerprint density at radius 3 is 2.77 bits per heavy atom. The summed E-state index contributed by atoms with van der Waals surface area (Å²) >= 11 is 2.91. The van der Waals surface area contributed by atoms with Crippen LogP contribution < -0.4 is 5.32 Å². The highest BCUT2D eigenvalue weighted by Gasteiger charge is 2.16. The number of carbonyl (C=O) groups excluding carboxylic acids is 1. The molecule has 0 fully saturated rings. The van der Waals surface area contributed by atoms with Gasteiger partial charge in [0, 0.05) is 24.0 Å². The van der Waals surface area contributed by atoms with Gasteiger partial charge in [-0.25, -0.2) is 14.8 Å². The number of thiazole rings is 2. The number of amides is 2. The second-order valence-corrected chi connectivity index (χ2v) is 8.36. The quantitative estimate of drug-likeness (QED) is 0.407. The zero-order chi connectivity index (χ0) is 21.6. The SMILES string of the molecule is C#Cc1nc(NC(=O)N(CCC#N)Cc2ccc(-c3cccc4ncsc34)cc2)cs1. The van der Waals surface area contributed by atoms with E-state index in [0.29, 0.717) is 23.9 Å². The van der Waals surface area contributed by atoms with E-state index < -0.39 is 0 Å². The second kappa shape index (κ2) is 9.40. The number of rotatable bonds is 6. The lowest BCUT2D eigenvalue weighted by molar-refractivity contribution is 0.210. The summed E-state index contributed by atoms with van der Waals surface area (Å²) in [4.78, 5) is 22.9. The molecule has 6 nitrogen and oxygen atoms in total. The summed E-state index contributed by atoms with van der Waals surface area (Å²) in [6.45, 7) is 0.696. The number of carbonyl (C=O) groups is 1. The molecule has 1 N–H and O–H groups in total. The van der Waals surface area contributed by atoms with Crippen molar-refractivity contribution >= 4 is 44.7 Å². The molecule has 0 unspecified atom stereocenters. The van der Waals surface area contributed by atoms with Crippen LogP contribution in [0.2, 0.25) is 0 Å². The zero-order valence-electron chi connectivity index (χ0n) is 16.4. The first-order valence-electron chi connectivity index (χ1n) is 9.44. The molecule has 4 rings (SSSR count). The molecular formula is C23H17N5OS2. The van der Waals surface area contributed by atoms with Crippen LogP contribution >= 0.6 is 22.7 Å². The number of anilines is 1. The predicted octanol–water partition coefficient (Wildman–Crippen LogP) is 5.35. The van der Waals surface area contributed by atoms with Crippen molar-refractivity contribution in [2.24, 2.45) is 0 Å². The standard InChI is InChI=1S/C23H17N5OS2/c1-2-21-26-20(14-30-21)27-23(29)28(12-4-11-24)13-16-7-9-17(10-8-16)18-5-3-6-19-22(18)31-15-25-19/h1,3,5-10,14-15H,4,12-13H2,(H,27,29). The predicted molar refractivity (Wildman–Crippen MR) is 125 cm³/mol. The Labute approximate surface area is 187 Å². The maximum Gasteiger partial charge on any atom is 0.323 e. The van der Waals surface area contributed by atoms with Crippen LogP contribution in [0.25, 0.3) is 21.3 Å². The summed E-state index contributed by atoms with van der Waals surface area (Å²) in [5.74, 6) is 2.86. The number of nitrogens with zero attached hydrogens (tertiary/aromatic N) is 4. The van der Waals surface area contributed by atoms with Crippen LogP contribution in [0, 0.1) is 23.7 Å². The van der Waals surface area contributed by atoms with Gasteiger partial charge in [-0.15, -0.1) is 29.1 Å². The van der Waals surface area contributed by atoms with E-state index in [4.69, 9.17) is 11.7 Å². The van der Waals surface area contributed by atoms with Crippen LogP contribution in [0.15, 0.2) is 53.4 Å². The summed E-state index contributed by atoms with van der Waals surface area (Å²) in [5, 5.41) is 13.9. The number of fused-ring (bicyclic) bond motifs is 1. The third-order valence-corrected chi connectivity index (χ3v) is 6.29. The van der Waals surface area contributed by atoms with Crippen molar-refractivity contribution in [2.45, 2.75) is 13.0 Å². The van der Waals surface area contributed by atoms with Crippen molar-refractivity contribution in [3.63, 3.8) is 0 Å². The number of hydrogen-bond acceptors (Lipinski definition) is 6. The molecule has 152 valence electrons. The summed E-state index contributed by atoms with van der Waals surface area (Å²) in [5.41, 5.74) is 6.04. The van der Waals surface area contributed by atoms with E-state index in [9.17, 15) is 4.79 Å². The summed E-state index contributed by atoms with van der Waals surface area (Å²) in [6.07, 6.45) is 5.58. The van der Waals surface area contributed by atoms with Crippen LogP contribution in [0.4, 0.5) is 10.6 Å². The molecule has 0 spiro atoms. The van der Waals surface area contributed by atoms with Gasteiger partial charge in [-0.05, 0) is 23.1 Å². The summed E-state index contributed by atoms with van der Waals surface area (Å²) in [7, 11) is 0. The van der Waals surface area contributed by atoms with Crippen LogP contribution in [0.5, 0.6) is 0 Å². The van der Waals surface area contributed by atoms with Crippen molar-refractivity contribution < 1.29 is 4.79 Å². The third kappa shape index (κ3) is 4.72.